The first kappa shape index (κ1) is 22.6. The van der Waals surface area contributed by atoms with Crippen molar-refractivity contribution in [1.82, 2.24) is 19.9 Å². The van der Waals surface area contributed by atoms with E-state index < -0.39 is 0 Å². The largest absolute Gasteiger partial charge is 0.493 e. The van der Waals surface area contributed by atoms with E-state index in [2.05, 4.69) is 10.1 Å². The van der Waals surface area contributed by atoms with Crippen molar-refractivity contribution in [3.63, 3.8) is 0 Å². The van der Waals surface area contributed by atoms with Crippen molar-refractivity contribution in [3.05, 3.63) is 24.1 Å². The molecule has 182 valence electrons. The molecule has 10 heteroatoms. The average Bonchev–Trinajstić information content (AvgIpc) is 3.56. The van der Waals surface area contributed by atoms with E-state index in [1.807, 2.05) is 6.07 Å². The van der Waals surface area contributed by atoms with Crippen LogP contribution >= 0.6 is 0 Å². The number of imide groups is 1. The number of urea groups is 1. The van der Waals surface area contributed by atoms with E-state index in [1.54, 1.807) is 31.3 Å². The van der Waals surface area contributed by atoms with Crippen LogP contribution in [-0.2, 0) is 16.1 Å². The van der Waals surface area contributed by atoms with Gasteiger partial charge in [0.2, 0.25) is 17.6 Å². The number of nitrogens with zero attached hydrogens (tertiary/aromatic N) is 4. The monoisotopic (exact) mass is 470 g/mol. The Morgan fingerprint density at radius 2 is 1.88 bits per heavy atom. The smallest absolute Gasteiger partial charge is 0.327 e. The van der Waals surface area contributed by atoms with Gasteiger partial charge in [0, 0.05) is 18.2 Å². The summed E-state index contributed by atoms with van der Waals surface area (Å²) in [4.78, 5) is 34.3. The standard InChI is InChI=1S/C24H30N4O6/c1-31-19-10-9-15(12-20(19)32-2)22-25-21(34-26-22)14-27-18-8-4-3-7-17(18)23(29)28(24(27)30)13-16-6-5-11-33-16/h9-10,12,16-18H,3-8,11,13-14H2,1-2H3. The van der Waals surface area contributed by atoms with Gasteiger partial charge in [-0.2, -0.15) is 4.98 Å². The van der Waals surface area contributed by atoms with Gasteiger partial charge >= 0.3 is 6.03 Å². The van der Waals surface area contributed by atoms with Crippen LogP contribution in [0.2, 0.25) is 0 Å². The van der Waals surface area contributed by atoms with Crippen LogP contribution in [0.25, 0.3) is 11.4 Å². The number of aromatic nitrogens is 2. The predicted molar refractivity (Wildman–Crippen MR) is 120 cm³/mol. The highest BCUT2D eigenvalue weighted by atomic mass is 16.5. The van der Waals surface area contributed by atoms with Crippen LogP contribution < -0.4 is 9.47 Å². The zero-order valence-corrected chi connectivity index (χ0v) is 19.6. The topological polar surface area (TPSA) is 107 Å². The van der Waals surface area contributed by atoms with Crippen LogP contribution in [-0.4, -0.2) is 71.4 Å². The molecule has 3 fully saturated rings. The lowest BCUT2D eigenvalue weighted by molar-refractivity contribution is -0.142. The lowest BCUT2D eigenvalue weighted by Gasteiger charge is -2.46. The van der Waals surface area contributed by atoms with Crippen molar-refractivity contribution in [2.75, 3.05) is 27.4 Å². The molecule has 3 heterocycles. The lowest BCUT2D eigenvalue weighted by Crippen LogP contribution is -2.63. The van der Waals surface area contributed by atoms with Crippen LogP contribution in [0.4, 0.5) is 4.79 Å². The molecule has 3 atom stereocenters. The molecule has 2 aromatic rings. The Morgan fingerprint density at radius 3 is 2.65 bits per heavy atom. The number of methoxy groups -OCH3 is 2. The number of fused-ring (bicyclic) bond motifs is 1. The second-order valence-corrected chi connectivity index (χ2v) is 9.03. The molecule has 3 unspecified atom stereocenters. The SMILES string of the molecule is COc1ccc(-c2noc(CN3C(=O)N(CC4CCCO4)C(=O)C4CCCCC43)n2)cc1OC. The number of amides is 3. The van der Waals surface area contributed by atoms with Crippen molar-refractivity contribution in [1.29, 1.82) is 0 Å². The highest BCUT2D eigenvalue weighted by molar-refractivity contribution is 5.98. The van der Waals surface area contributed by atoms with Crippen LogP contribution in [0.1, 0.15) is 44.4 Å². The molecular formula is C24H30N4O6. The quantitative estimate of drug-likeness (QED) is 0.607. The third-order valence-corrected chi connectivity index (χ3v) is 7.02. The minimum atomic E-state index is -0.297. The first-order chi connectivity index (χ1) is 16.6. The third-order valence-electron chi connectivity index (χ3n) is 7.02. The molecule has 5 rings (SSSR count). The van der Waals surface area contributed by atoms with E-state index in [9.17, 15) is 9.59 Å². The van der Waals surface area contributed by atoms with Gasteiger partial charge < -0.3 is 23.6 Å². The predicted octanol–water partition coefficient (Wildman–Crippen LogP) is 3.26. The minimum absolute atomic E-state index is 0.0713. The summed E-state index contributed by atoms with van der Waals surface area (Å²) in [5, 5.41) is 4.11. The summed E-state index contributed by atoms with van der Waals surface area (Å²) in [6.07, 6.45) is 5.30. The molecule has 3 amide bonds. The summed E-state index contributed by atoms with van der Waals surface area (Å²) in [6, 6.07) is 4.93. The minimum Gasteiger partial charge on any atom is -0.493 e. The van der Waals surface area contributed by atoms with Crippen molar-refractivity contribution in [2.45, 2.75) is 57.2 Å². The lowest BCUT2D eigenvalue weighted by atomic mass is 9.81. The normalized spacial score (nSPS) is 24.9. The van der Waals surface area contributed by atoms with E-state index in [-0.39, 0.29) is 36.5 Å². The Hall–Kier alpha value is -3.14. The Kier molecular flexibility index (Phi) is 6.40. The Balaban J connectivity index is 1.37. The maximum absolute atomic E-state index is 13.5. The van der Waals surface area contributed by atoms with E-state index in [1.165, 1.54) is 4.90 Å². The molecule has 10 nitrogen and oxygen atoms in total. The van der Waals surface area contributed by atoms with Gasteiger partial charge in [0.05, 0.1) is 32.8 Å². The van der Waals surface area contributed by atoms with Crippen molar-refractivity contribution in [2.24, 2.45) is 5.92 Å². The number of carbonyl (C=O) groups excluding carboxylic acids is 2. The number of benzene rings is 1. The highest BCUT2D eigenvalue weighted by Crippen LogP contribution is 2.36. The van der Waals surface area contributed by atoms with Crippen LogP contribution in [0.5, 0.6) is 11.5 Å². The Labute approximate surface area is 198 Å². The maximum atomic E-state index is 13.5. The van der Waals surface area contributed by atoms with E-state index in [4.69, 9.17) is 18.7 Å². The second-order valence-electron chi connectivity index (χ2n) is 9.03. The molecule has 1 aromatic carbocycles. The summed E-state index contributed by atoms with van der Waals surface area (Å²) in [5.74, 6) is 1.62. The fraction of sp³-hybridized carbons (Fsp3) is 0.583. The maximum Gasteiger partial charge on any atom is 0.327 e. The Morgan fingerprint density at radius 1 is 1.06 bits per heavy atom. The molecule has 0 spiro atoms. The molecule has 34 heavy (non-hydrogen) atoms. The summed E-state index contributed by atoms with van der Waals surface area (Å²) < 4.78 is 21.9. The first-order valence-corrected chi connectivity index (χ1v) is 11.9. The summed E-state index contributed by atoms with van der Waals surface area (Å²) in [6.45, 7) is 1.14. The van der Waals surface area contributed by atoms with Gasteiger partial charge in [0.25, 0.3) is 0 Å². The number of ether oxygens (including phenoxy) is 3. The van der Waals surface area contributed by atoms with Gasteiger partial charge in [-0.3, -0.25) is 9.69 Å². The molecule has 1 aliphatic carbocycles. The number of carbonyl (C=O) groups is 2. The summed E-state index contributed by atoms with van der Waals surface area (Å²) >= 11 is 0. The molecular weight excluding hydrogens is 440 g/mol. The van der Waals surface area contributed by atoms with E-state index in [0.29, 0.717) is 41.9 Å². The van der Waals surface area contributed by atoms with Gasteiger partial charge in [-0.25, -0.2) is 4.79 Å². The number of rotatable bonds is 7. The molecule has 0 bridgehead atoms. The fourth-order valence-electron chi connectivity index (χ4n) is 5.27. The molecule has 3 aliphatic rings. The average molecular weight is 471 g/mol. The van der Waals surface area contributed by atoms with Crippen molar-refractivity contribution < 1.29 is 28.3 Å². The van der Waals surface area contributed by atoms with E-state index >= 15 is 0 Å². The van der Waals surface area contributed by atoms with Crippen molar-refractivity contribution in [3.8, 4) is 22.9 Å². The van der Waals surface area contributed by atoms with Crippen LogP contribution in [0.3, 0.4) is 0 Å². The zero-order chi connectivity index (χ0) is 23.7. The molecule has 2 aliphatic heterocycles. The molecule has 1 saturated carbocycles. The highest BCUT2D eigenvalue weighted by Gasteiger charge is 2.48. The molecule has 2 saturated heterocycles. The molecule has 0 N–H and O–H groups in total. The molecule has 1 aromatic heterocycles. The number of hydrogen-bond donors (Lipinski definition) is 0. The van der Waals surface area contributed by atoms with Crippen LogP contribution in [0.15, 0.2) is 22.7 Å². The van der Waals surface area contributed by atoms with Gasteiger partial charge in [0.15, 0.2) is 11.5 Å². The third kappa shape index (κ3) is 4.22. The number of hydrogen-bond acceptors (Lipinski definition) is 8. The van der Waals surface area contributed by atoms with Gasteiger partial charge in [0.1, 0.15) is 6.54 Å². The molecule has 0 radical (unpaired) electrons. The van der Waals surface area contributed by atoms with Crippen molar-refractivity contribution >= 4 is 11.9 Å². The zero-order valence-electron chi connectivity index (χ0n) is 19.6. The van der Waals surface area contributed by atoms with Crippen LogP contribution in [0, 0.1) is 5.92 Å². The summed E-state index contributed by atoms with van der Waals surface area (Å²) in [5.41, 5.74) is 0.711. The second kappa shape index (κ2) is 9.61. The van der Waals surface area contributed by atoms with Gasteiger partial charge in [-0.05, 0) is 43.9 Å². The van der Waals surface area contributed by atoms with Gasteiger partial charge in [-0.15, -0.1) is 0 Å². The van der Waals surface area contributed by atoms with Gasteiger partial charge in [-0.1, -0.05) is 18.0 Å². The summed E-state index contributed by atoms with van der Waals surface area (Å²) in [7, 11) is 3.14. The first-order valence-electron chi connectivity index (χ1n) is 11.9. The Bertz CT molecular complexity index is 1050. The van der Waals surface area contributed by atoms with E-state index in [0.717, 1.165) is 38.5 Å². The fourth-order valence-corrected chi connectivity index (χ4v) is 5.27.